The molecule has 0 saturated heterocycles. The molecule has 0 aliphatic heterocycles. The third-order valence-corrected chi connectivity index (χ3v) is 2.02. The molecular formula is C12H16O. The van der Waals surface area contributed by atoms with E-state index in [-0.39, 0.29) is 0 Å². The molecule has 0 heterocycles. The van der Waals surface area contributed by atoms with Crippen molar-refractivity contribution in [1.82, 2.24) is 0 Å². The van der Waals surface area contributed by atoms with Crippen molar-refractivity contribution in [3.05, 3.63) is 41.5 Å². The van der Waals surface area contributed by atoms with E-state index in [1.165, 1.54) is 16.7 Å². The lowest BCUT2D eigenvalue weighted by Gasteiger charge is -2.09. The van der Waals surface area contributed by atoms with E-state index < -0.39 is 0 Å². The Kier molecular flexibility index (Phi) is 3.26. The van der Waals surface area contributed by atoms with Gasteiger partial charge in [-0.05, 0) is 25.0 Å². The fourth-order valence-corrected chi connectivity index (χ4v) is 1.41. The Morgan fingerprint density at radius 1 is 1.46 bits per heavy atom. The summed E-state index contributed by atoms with van der Waals surface area (Å²) >= 11 is 0. The molecule has 13 heavy (non-hydrogen) atoms. The van der Waals surface area contributed by atoms with Crippen molar-refractivity contribution in [2.45, 2.75) is 20.5 Å². The Hall–Kier alpha value is -1.08. The molecule has 70 valence electrons. The van der Waals surface area contributed by atoms with Gasteiger partial charge in [0.2, 0.25) is 0 Å². The first-order valence-electron chi connectivity index (χ1n) is 4.39. The molecule has 0 atom stereocenters. The van der Waals surface area contributed by atoms with Gasteiger partial charge in [-0.1, -0.05) is 35.9 Å². The summed E-state index contributed by atoms with van der Waals surface area (Å²) in [7, 11) is 1.71. The minimum absolute atomic E-state index is 0.657. The summed E-state index contributed by atoms with van der Waals surface area (Å²) in [5, 5.41) is 0. The highest BCUT2D eigenvalue weighted by Gasteiger charge is 2.02. The number of hydrogen-bond acceptors (Lipinski definition) is 1. The third kappa shape index (κ3) is 2.43. The van der Waals surface area contributed by atoms with Gasteiger partial charge in [0.15, 0.2) is 0 Å². The van der Waals surface area contributed by atoms with Crippen LogP contribution in [0.25, 0.3) is 5.57 Å². The monoisotopic (exact) mass is 176 g/mol. The largest absolute Gasteiger partial charge is 0.380 e. The maximum Gasteiger partial charge on any atom is 0.0719 e. The van der Waals surface area contributed by atoms with Gasteiger partial charge in [0, 0.05) is 7.11 Å². The number of rotatable bonds is 3. The highest BCUT2D eigenvalue weighted by atomic mass is 16.5. The first-order chi connectivity index (χ1) is 6.15. The van der Waals surface area contributed by atoms with E-state index in [0.717, 1.165) is 5.57 Å². The van der Waals surface area contributed by atoms with Crippen molar-refractivity contribution < 1.29 is 4.74 Å². The Bertz CT molecular complexity index is 313. The molecule has 0 aliphatic rings. The van der Waals surface area contributed by atoms with Crippen LogP contribution >= 0.6 is 0 Å². The van der Waals surface area contributed by atoms with Crippen molar-refractivity contribution in [3.63, 3.8) is 0 Å². The molecule has 0 bridgehead atoms. The number of allylic oxidation sites excluding steroid dienone is 1. The van der Waals surface area contributed by atoms with E-state index in [4.69, 9.17) is 4.74 Å². The minimum Gasteiger partial charge on any atom is -0.380 e. The Morgan fingerprint density at radius 3 is 2.69 bits per heavy atom. The van der Waals surface area contributed by atoms with E-state index in [1.54, 1.807) is 7.11 Å². The van der Waals surface area contributed by atoms with Gasteiger partial charge in [0.25, 0.3) is 0 Å². The smallest absolute Gasteiger partial charge is 0.0719 e. The lowest BCUT2D eigenvalue weighted by molar-refractivity contribution is 0.184. The highest BCUT2D eigenvalue weighted by molar-refractivity contribution is 5.64. The molecule has 1 rings (SSSR count). The number of benzene rings is 1. The normalized spacial score (nSPS) is 10.1. The highest BCUT2D eigenvalue weighted by Crippen LogP contribution is 2.19. The van der Waals surface area contributed by atoms with Gasteiger partial charge in [-0.25, -0.2) is 0 Å². The van der Waals surface area contributed by atoms with Crippen molar-refractivity contribution in [2.75, 3.05) is 7.11 Å². The maximum atomic E-state index is 5.13. The van der Waals surface area contributed by atoms with E-state index in [0.29, 0.717) is 6.61 Å². The summed E-state index contributed by atoms with van der Waals surface area (Å²) < 4.78 is 5.13. The van der Waals surface area contributed by atoms with Crippen LogP contribution in [0.1, 0.15) is 23.6 Å². The van der Waals surface area contributed by atoms with Gasteiger partial charge in [-0.15, -0.1) is 0 Å². The average molecular weight is 176 g/mol. The quantitative estimate of drug-likeness (QED) is 0.687. The van der Waals surface area contributed by atoms with Crippen LogP contribution in [0.2, 0.25) is 0 Å². The summed E-state index contributed by atoms with van der Waals surface area (Å²) in [5.41, 5.74) is 4.77. The molecule has 1 nitrogen and oxygen atoms in total. The molecule has 1 aromatic carbocycles. The molecule has 0 N–H and O–H groups in total. The molecule has 0 radical (unpaired) electrons. The molecule has 0 aromatic heterocycles. The van der Waals surface area contributed by atoms with Crippen LogP contribution in [0, 0.1) is 6.92 Å². The van der Waals surface area contributed by atoms with Crippen LogP contribution in [0.4, 0.5) is 0 Å². The zero-order valence-corrected chi connectivity index (χ0v) is 8.55. The molecule has 0 aliphatic carbocycles. The van der Waals surface area contributed by atoms with Gasteiger partial charge in [0.1, 0.15) is 0 Å². The molecule has 0 spiro atoms. The number of hydrogen-bond donors (Lipinski definition) is 0. The van der Waals surface area contributed by atoms with Crippen molar-refractivity contribution in [3.8, 4) is 0 Å². The first-order valence-corrected chi connectivity index (χ1v) is 4.39. The van der Waals surface area contributed by atoms with Gasteiger partial charge in [-0.3, -0.25) is 0 Å². The van der Waals surface area contributed by atoms with E-state index in [9.17, 15) is 0 Å². The molecule has 1 aromatic rings. The molecular weight excluding hydrogens is 160 g/mol. The number of ether oxygens (including phenoxy) is 1. The Balaban J connectivity index is 3.10. The predicted molar refractivity (Wildman–Crippen MR) is 56.6 cm³/mol. The number of aryl methyl sites for hydroxylation is 1. The fourth-order valence-electron chi connectivity index (χ4n) is 1.41. The maximum absolute atomic E-state index is 5.13. The van der Waals surface area contributed by atoms with Crippen LogP contribution in [-0.2, 0) is 11.3 Å². The summed E-state index contributed by atoms with van der Waals surface area (Å²) in [6.07, 6.45) is 0. The Labute approximate surface area is 80.0 Å². The van der Waals surface area contributed by atoms with Crippen LogP contribution < -0.4 is 0 Å². The van der Waals surface area contributed by atoms with Crippen LogP contribution in [0.5, 0.6) is 0 Å². The van der Waals surface area contributed by atoms with Gasteiger partial charge in [0.05, 0.1) is 6.61 Å². The lowest BCUT2D eigenvalue weighted by atomic mass is 10.0. The molecule has 0 unspecified atom stereocenters. The van der Waals surface area contributed by atoms with E-state index >= 15 is 0 Å². The van der Waals surface area contributed by atoms with Gasteiger partial charge in [-0.2, -0.15) is 0 Å². The zero-order valence-electron chi connectivity index (χ0n) is 8.55. The topological polar surface area (TPSA) is 9.23 Å². The molecule has 1 heteroatoms. The van der Waals surface area contributed by atoms with E-state index in [1.807, 2.05) is 6.92 Å². The third-order valence-electron chi connectivity index (χ3n) is 2.02. The summed E-state index contributed by atoms with van der Waals surface area (Å²) in [4.78, 5) is 0. The minimum atomic E-state index is 0.657. The van der Waals surface area contributed by atoms with Crippen LogP contribution in [-0.4, -0.2) is 7.11 Å². The SMILES string of the molecule is C=C(C)c1ccc(C)cc1COC. The van der Waals surface area contributed by atoms with Crippen molar-refractivity contribution in [2.24, 2.45) is 0 Å². The lowest BCUT2D eigenvalue weighted by Crippen LogP contribution is -1.94. The Morgan fingerprint density at radius 2 is 2.15 bits per heavy atom. The zero-order chi connectivity index (χ0) is 9.84. The van der Waals surface area contributed by atoms with Crippen molar-refractivity contribution >= 4 is 5.57 Å². The predicted octanol–water partition coefficient (Wildman–Crippen LogP) is 3.17. The second-order valence-electron chi connectivity index (χ2n) is 3.37. The van der Waals surface area contributed by atoms with Crippen LogP contribution in [0.15, 0.2) is 24.8 Å². The summed E-state index contributed by atoms with van der Waals surface area (Å²) in [6.45, 7) is 8.70. The van der Waals surface area contributed by atoms with Crippen LogP contribution in [0.3, 0.4) is 0 Å². The standard InChI is InChI=1S/C12H16O/c1-9(2)12-6-5-10(3)7-11(12)8-13-4/h5-7H,1,8H2,2-4H3. The average Bonchev–Trinajstić information content (AvgIpc) is 2.04. The van der Waals surface area contributed by atoms with Crippen molar-refractivity contribution in [1.29, 1.82) is 0 Å². The summed E-state index contributed by atoms with van der Waals surface area (Å²) in [5.74, 6) is 0. The summed E-state index contributed by atoms with van der Waals surface area (Å²) in [6, 6.07) is 6.35. The first kappa shape index (κ1) is 10.0. The second-order valence-corrected chi connectivity index (χ2v) is 3.37. The second kappa shape index (κ2) is 4.24. The molecule has 0 amide bonds. The number of methoxy groups -OCH3 is 1. The van der Waals surface area contributed by atoms with E-state index in [2.05, 4.69) is 31.7 Å². The van der Waals surface area contributed by atoms with Gasteiger partial charge < -0.3 is 4.74 Å². The molecule has 0 fully saturated rings. The fraction of sp³-hybridized carbons (Fsp3) is 0.333. The molecule has 0 saturated carbocycles. The van der Waals surface area contributed by atoms with Gasteiger partial charge >= 0.3 is 0 Å².